The van der Waals surface area contributed by atoms with E-state index in [0.717, 1.165) is 15.7 Å². The Hall–Kier alpha value is -4.48. The molecule has 0 unspecified atom stereocenters. The van der Waals surface area contributed by atoms with Crippen molar-refractivity contribution in [3.05, 3.63) is 122 Å². The van der Waals surface area contributed by atoms with Crippen molar-refractivity contribution in [1.29, 1.82) is 0 Å². The number of aryl methyl sites for hydroxylation is 2. The molecule has 0 radical (unpaired) electrons. The van der Waals surface area contributed by atoms with Crippen molar-refractivity contribution < 1.29 is 22.7 Å². The third-order valence-electron chi connectivity index (χ3n) is 7.57. The molecule has 11 heteroatoms. The van der Waals surface area contributed by atoms with E-state index in [9.17, 15) is 27.6 Å². The van der Waals surface area contributed by atoms with Gasteiger partial charge in [0.15, 0.2) is 11.6 Å². The second-order valence-corrected chi connectivity index (χ2v) is 10.9. The van der Waals surface area contributed by atoms with Crippen molar-refractivity contribution in [3.8, 4) is 11.4 Å². The van der Waals surface area contributed by atoms with Gasteiger partial charge in [0, 0.05) is 43.9 Å². The van der Waals surface area contributed by atoms with Gasteiger partial charge in [0.05, 0.1) is 31.0 Å². The van der Waals surface area contributed by atoms with E-state index in [-0.39, 0.29) is 17.9 Å². The number of nitrogens with zero attached hydrogens (tertiary/aromatic N) is 4. The number of carbonyl (C=O) groups excluding carboxylic acids is 1. The minimum atomic E-state index is -1.37. The van der Waals surface area contributed by atoms with E-state index in [0.29, 0.717) is 62.8 Å². The first-order valence-corrected chi connectivity index (χ1v) is 14.4. The highest BCUT2D eigenvalue weighted by Crippen LogP contribution is 2.22. The van der Waals surface area contributed by atoms with Gasteiger partial charge in [-0.05, 0) is 61.7 Å². The molecule has 0 bridgehead atoms. The molecule has 0 saturated carbocycles. The predicted octanol–water partition coefficient (Wildman–Crippen LogP) is 4.32. The van der Waals surface area contributed by atoms with Crippen molar-refractivity contribution in [2.75, 3.05) is 44.3 Å². The van der Waals surface area contributed by atoms with Crippen LogP contribution in [0.3, 0.4) is 0 Å². The first-order valence-electron chi connectivity index (χ1n) is 14.4. The summed E-state index contributed by atoms with van der Waals surface area (Å²) < 4.78 is 50.0. The van der Waals surface area contributed by atoms with E-state index in [2.05, 4.69) is 4.90 Å². The van der Waals surface area contributed by atoms with Gasteiger partial charge in [0.25, 0.3) is 5.56 Å². The van der Waals surface area contributed by atoms with Crippen LogP contribution in [0.4, 0.5) is 19.0 Å². The lowest BCUT2D eigenvalue weighted by atomic mass is 10.1. The zero-order valence-corrected chi connectivity index (χ0v) is 24.6. The summed E-state index contributed by atoms with van der Waals surface area (Å²) in [6.45, 7) is 6.96. The van der Waals surface area contributed by atoms with E-state index >= 15 is 0 Å². The Balaban J connectivity index is 1.64. The number of carbonyl (C=O) groups is 1. The molecule has 5 rings (SSSR count). The number of hydrogen-bond acceptors (Lipinski definition) is 5. The maximum absolute atomic E-state index is 14.6. The first kappa shape index (κ1) is 31.0. The Morgan fingerprint density at radius 3 is 2.07 bits per heavy atom. The smallest absolute Gasteiger partial charge is 0.341 e. The average Bonchev–Trinajstić information content (AvgIpc) is 2.98. The van der Waals surface area contributed by atoms with Crippen LogP contribution in [0.1, 0.15) is 23.1 Å². The summed E-state index contributed by atoms with van der Waals surface area (Å²) in [5.41, 5.74) is 0.748. The second-order valence-electron chi connectivity index (χ2n) is 10.9. The lowest BCUT2D eigenvalue weighted by Gasteiger charge is -2.29. The molecule has 1 amide bonds. The van der Waals surface area contributed by atoms with Crippen LogP contribution >= 0.6 is 0 Å². The van der Waals surface area contributed by atoms with Crippen molar-refractivity contribution >= 4 is 11.7 Å². The van der Waals surface area contributed by atoms with E-state index in [1.54, 1.807) is 36.4 Å². The normalized spacial score (nSPS) is 13.7. The van der Waals surface area contributed by atoms with Crippen LogP contribution in [-0.2, 0) is 16.0 Å². The number of benzene rings is 3. The van der Waals surface area contributed by atoms with Gasteiger partial charge >= 0.3 is 5.69 Å². The molecule has 1 saturated heterocycles. The summed E-state index contributed by atoms with van der Waals surface area (Å²) in [6, 6.07) is 16.2. The Morgan fingerprint density at radius 1 is 0.818 bits per heavy atom. The topological polar surface area (TPSA) is 76.8 Å². The molecular weight excluding hydrogens is 573 g/mol. The van der Waals surface area contributed by atoms with Crippen molar-refractivity contribution in [2.45, 2.75) is 26.7 Å². The molecule has 1 aliphatic rings. The molecular formula is C33H33F3N4O4. The highest BCUT2D eigenvalue weighted by Gasteiger charge is 2.26. The molecule has 2 heterocycles. The van der Waals surface area contributed by atoms with Gasteiger partial charge in [-0.25, -0.2) is 27.1 Å². The average molecular weight is 607 g/mol. The molecule has 230 valence electrons. The third-order valence-corrected chi connectivity index (χ3v) is 7.57. The van der Waals surface area contributed by atoms with Crippen LogP contribution in [0.15, 0.2) is 76.3 Å². The predicted molar refractivity (Wildman–Crippen MR) is 161 cm³/mol. The van der Waals surface area contributed by atoms with Gasteiger partial charge in [-0.2, -0.15) is 0 Å². The maximum atomic E-state index is 14.6. The molecule has 8 nitrogen and oxygen atoms in total. The van der Waals surface area contributed by atoms with Crippen LogP contribution < -0.4 is 16.1 Å². The fourth-order valence-electron chi connectivity index (χ4n) is 5.35. The molecule has 0 spiro atoms. The summed E-state index contributed by atoms with van der Waals surface area (Å²) in [6.07, 6.45) is -0.168. The van der Waals surface area contributed by atoms with Crippen molar-refractivity contribution in [2.24, 2.45) is 0 Å². The lowest BCUT2D eigenvalue weighted by molar-refractivity contribution is -0.118. The monoisotopic (exact) mass is 606 g/mol. The van der Waals surface area contributed by atoms with Gasteiger partial charge in [-0.1, -0.05) is 24.3 Å². The largest absolute Gasteiger partial charge is 0.379 e. The van der Waals surface area contributed by atoms with E-state index in [1.807, 2.05) is 26.0 Å². The number of halogens is 3. The number of morpholine rings is 1. The number of hydrogen-bond donors (Lipinski definition) is 0. The van der Waals surface area contributed by atoms with Crippen LogP contribution in [0.5, 0.6) is 0 Å². The third kappa shape index (κ3) is 6.84. The molecule has 3 aromatic carbocycles. The SMILES string of the molecule is Cc1cccc(-n2c(N(CCCN3CCOCC3)C(=O)Cc3cc(F)c(F)cc3F)cc(=O)n(-c3cccc(C)c3)c2=O)c1. The number of amides is 1. The Labute approximate surface area is 252 Å². The first-order chi connectivity index (χ1) is 21.1. The summed E-state index contributed by atoms with van der Waals surface area (Å²) in [4.78, 5) is 45.1. The number of anilines is 1. The Morgan fingerprint density at radius 2 is 1.43 bits per heavy atom. The van der Waals surface area contributed by atoms with Gasteiger partial charge in [0.2, 0.25) is 5.91 Å². The fourth-order valence-corrected chi connectivity index (χ4v) is 5.35. The van der Waals surface area contributed by atoms with Crippen LogP contribution in [0.2, 0.25) is 0 Å². The molecule has 1 fully saturated rings. The highest BCUT2D eigenvalue weighted by molar-refractivity contribution is 5.94. The van der Waals surface area contributed by atoms with Gasteiger partial charge in [0.1, 0.15) is 11.6 Å². The van der Waals surface area contributed by atoms with Gasteiger partial charge < -0.3 is 4.74 Å². The molecule has 1 aromatic heterocycles. The van der Waals surface area contributed by atoms with Gasteiger partial charge in [-0.3, -0.25) is 19.4 Å². The zero-order valence-electron chi connectivity index (χ0n) is 24.6. The molecule has 0 N–H and O–H groups in total. The molecule has 1 aliphatic heterocycles. The minimum absolute atomic E-state index is 0.00975. The van der Waals surface area contributed by atoms with Gasteiger partial charge in [-0.15, -0.1) is 0 Å². The fraction of sp³-hybridized carbons (Fsp3) is 0.303. The number of aromatic nitrogens is 2. The quantitative estimate of drug-likeness (QED) is 0.266. The van der Waals surface area contributed by atoms with E-state index < -0.39 is 41.0 Å². The summed E-state index contributed by atoms with van der Waals surface area (Å²) in [7, 11) is 0. The van der Waals surface area contributed by atoms with Crippen molar-refractivity contribution in [3.63, 3.8) is 0 Å². The van der Waals surface area contributed by atoms with E-state index in [4.69, 9.17) is 4.74 Å². The van der Waals surface area contributed by atoms with Crippen LogP contribution in [0.25, 0.3) is 11.4 Å². The lowest BCUT2D eigenvalue weighted by Crippen LogP contribution is -2.44. The molecule has 4 aromatic rings. The number of rotatable bonds is 9. The Bertz CT molecular complexity index is 1800. The summed E-state index contributed by atoms with van der Waals surface area (Å²) in [5, 5.41) is 0. The minimum Gasteiger partial charge on any atom is -0.379 e. The molecule has 0 aliphatic carbocycles. The maximum Gasteiger partial charge on any atom is 0.341 e. The highest BCUT2D eigenvalue weighted by atomic mass is 19.2. The molecule has 44 heavy (non-hydrogen) atoms. The van der Waals surface area contributed by atoms with Crippen LogP contribution in [-0.4, -0.2) is 59.3 Å². The van der Waals surface area contributed by atoms with Crippen molar-refractivity contribution in [1.82, 2.24) is 14.0 Å². The number of ether oxygens (including phenoxy) is 1. The summed E-state index contributed by atoms with van der Waals surface area (Å²) in [5.74, 6) is -4.43. The second kappa shape index (κ2) is 13.4. The Kier molecular flexibility index (Phi) is 9.46. The molecule has 0 atom stereocenters. The summed E-state index contributed by atoms with van der Waals surface area (Å²) >= 11 is 0. The van der Waals surface area contributed by atoms with Crippen LogP contribution in [0, 0.1) is 31.3 Å². The zero-order chi connectivity index (χ0) is 31.4. The van der Waals surface area contributed by atoms with E-state index in [1.165, 1.54) is 15.5 Å². The standard InChI is InChI=1S/C33H33F3N4O4/c1-22-6-3-8-25(16-22)39-30(21-32(42)40(33(39)43)26-9-4-7-23(2)17-26)38(11-5-10-37-12-14-44-15-13-37)31(41)19-24-18-28(35)29(36)20-27(24)34/h3-4,6-9,16-18,20-21H,5,10-15,19H2,1-2H3.